The van der Waals surface area contributed by atoms with Gasteiger partial charge in [-0.05, 0) is 19.4 Å². The molecule has 6 nitrogen and oxygen atoms in total. The molecule has 0 aliphatic heterocycles. The number of imidazole rings is 1. The highest BCUT2D eigenvalue weighted by molar-refractivity contribution is 6.31. The third kappa shape index (κ3) is 4.09. The number of aryl methyl sites for hydroxylation is 1. The number of rotatable bonds is 6. The van der Waals surface area contributed by atoms with Crippen LogP contribution in [0.4, 0.5) is 0 Å². The molecule has 25 heavy (non-hydrogen) atoms. The van der Waals surface area contributed by atoms with Gasteiger partial charge in [-0.3, -0.25) is 9.48 Å². The zero-order valence-corrected chi connectivity index (χ0v) is 14.9. The van der Waals surface area contributed by atoms with E-state index in [4.69, 9.17) is 11.6 Å². The topological polar surface area (TPSA) is 64.7 Å². The van der Waals surface area contributed by atoms with Crippen molar-refractivity contribution in [2.45, 2.75) is 33.0 Å². The maximum absolute atomic E-state index is 12.6. The zero-order valence-electron chi connectivity index (χ0n) is 14.2. The summed E-state index contributed by atoms with van der Waals surface area (Å²) in [4.78, 5) is 16.6. The Balaban J connectivity index is 1.75. The molecule has 3 rings (SSSR count). The second kappa shape index (κ2) is 7.53. The van der Waals surface area contributed by atoms with Crippen LogP contribution in [0, 0.1) is 13.8 Å². The molecule has 130 valence electrons. The van der Waals surface area contributed by atoms with Gasteiger partial charge in [-0.15, -0.1) is 0 Å². The lowest BCUT2D eigenvalue weighted by Gasteiger charge is -2.20. The van der Waals surface area contributed by atoms with Gasteiger partial charge in [0.15, 0.2) is 0 Å². The molecule has 1 aromatic carbocycles. The predicted molar refractivity (Wildman–Crippen MR) is 96.3 cm³/mol. The van der Waals surface area contributed by atoms with E-state index in [-0.39, 0.29) is 18.5 Å². The van der Waals surface area contributed by atoms with Crippen molar-refractivity contribution in [3.05, 3.63) is 71.0 Å². The number of nitrogens with one attached hydrogen (secondary N) is 1. The van der Waals surface area contributed by atoms with Gasteiger partial charge in [-0.2, -0.15) is 5.10 Å². The van der Waals surface area contributed by atoms with E-state index in [0.29, 0.717) is 11.6 Å². The molecule has 0 unspecified atom stereocenters. The molecule has 0 radical (unpaired) electrons. The molecular formula is C18H20ClN5O. The van der Waals surface area contributed by atoms with E-state index in [1.54, 1.807) is 17.2 Å². The second-order valence-electron chi connectivity index (χ2n) is 5.93. The summed E-state index contributed by atoms with van der Waals surface area (Å²) in [6.45, 7) is 4.42. The quantitative estimate of drug-likeness (QED) is 0.737. The van der Waals surface area contributed by atoms with Crippen molar-refractivity contribution in [2.75, 3.05) is 0 Å². The van der Waals surface area contributed by atoms with Crippen molar-refractivity contribution in [1.29, 1.82) is 0 Å². The van der Waals surface area contributed by atoms with Crippen LogP contribution in [0.15, 0.2) is 49.1 Å². The standard InChI is InChI=1S/C18H20ClN5O/c1-13-18(19)14(2)24(22-13)11-17(25)21-16(10-23-9-8-20-12-23)15-6-4-3-5-7-15/h3-9,12,16H,10-11H2,1-2H3,(H,21,25)/t16-/m1/s1. The molecule has 0 spiro atoms. The van der Waals surface area contributed by atoms with Crippen molar-refractivity contribution in [2.24, 2.45) is 0 Å². The van der Waals surface area contributed by atoms with E-state index in [1.807, 2.05) is 54.9 Å². The molecule has 3 aromatic rings. The third-order valence-electron chi connectivity index (χ3n) is 4.08. The molecule has 0 aliphatic rings. The number of hydrogen-bond acceptors (Lipinski definition) is 3. The Morgan fingerprint density at radius 1 is 1.28 bits per heavy atom. The third-order valence-corrected chi connectivity index (χ3v) is 4.62. The molecule has 2 aromatic heterocycles. The molecule has 0 saturated carbocycles. The minimum absolute atomic E-state index is 0.115. The lowest BCUT2D eigenvalue weighted by atomic mass is 10.1. The summed E-state index contributed by atoms with van der Waals surface area (Å²) in [5.74, 6) is -0.115. The maximum Gasteiger partial charge on any atom is 0.242 e. The second-order valence-corrected chi connectivity index (χ2v) is 6.31. The number of hydrogen-bond donors (Lipinski definition) is 1. The molecule has 2 heterocycles. The van der Waals surface area contributed by atoms with Crippen LogP contribution in [0.1, 0.15) is 23.0 Å². The summed E-state index contributed by atoms with van der Waals surface area (Å²) in [6, 6.07) is 9.73. The number of aromatic nitrogens is 4. The van der Waals surface area contributed by atoms with Gasteiger partial charge in [0.1, 0.15) is 6.54 Å². The van der Waals surface area contributed by atoms with Crippen LogP contribution >= 0.6 is 11.6 Å². The molecule has 0 aliphatic carbocycles. The highest BCUT2D eigenvalue weighted by Crippen LogP contribution is 2.19. The van der Waals surface area contributed by atoms with Gasteiger partial charge < -0.3 is 9.88 Å². The van der Waals surface area contributed by atoms with E-state index in [9.17, 15) is 4.79 Å². The highest BCUT2D eigenvalue weighted by atomic mass is 35.5. The number of nitrogens with zero attached hydrogens (tertiary/aromatic N) is 4. The van der Waals surface area contributed by atoms with Gasteiger partial charge in [0.2, 0.25) is 5.91 Å². The summed E-state index contributed by atoms with van der Waals surface area (Å²) in [5.41, 5.74) is 2.56. The monoisotopic (exact) mass is 357 g/mol. The Kier molecular flexibility index (Phi) is 5.19. The molecule has 0 saturated heterocycles. The first kappa shape index (κ1) is 17.2. The first-order valence-corrected chi connectivity index (χ1v) is 8.42. The first-order valence-electron chi connectivity index (χ1n) is 8.04. The largest absolute Gasteiger partial charge is 0.346 e. The zero-order chi connectivity index (χ0) is 17.8. The Labute approximate surface area is 151 Å². The number of amides is 1. The van der Waals surface area contributed by atoms with E-state index >= 15 is 0 Å². The van der Waals surface area contributed by atoms with Gasteiger partial charge >= 0.3 is 0 Å². The number of carbonyl (C=O) groups is 1. The number of halogens is 1. The van der Waals surface area contributed by atoms with Gasteiger partial charge in [0.25, 0.3) is 0 Å². The van der Waals surface area contributed by atoms with Crippen molar-refractivity contribution in [3.8, 4) is 0 Å². The minimum atomic E-state index is -0.157. The summed E-state index contributed by atoms with van der Waals surface area (Å²) < 4.78 is 3.57. The summed E-state index contributed by atoms with van der Waals surface area (Å²) in [5, 5.41) is 8.00. The van der Waals surface area contributed by atoms with Gasteiger partial charge in [-0.1, -0.05) is 41.9 Å². The fourth-order valence-electron chi connectivity index (χ4n) is 2.73. The van der Waals surface area contributed by atoms with Crippen LogP contribution in [0.25, 0.3) is 0 Å². The van der Waals surface area contributed by atoms with Gasteiger partial charge in [-0.25, -0.2) is 4.98 Å². The van der Waals surface area contributed by atoms with E-state index in [2.05, 4.69) is 15.4 Å². The Morgan fingerprint density at radius 3 is 2.64 bits per heavy atom. The maximum atomic E-state index is 12.6. The van der Waals surface area contributed by atoms with Crippen molar-refractivity contribution in [1.82, 2.24) is 24.6 Å². The molecule has 0 fully saturated rings. The van der Waals surface area contributed by atoms with Crippen LogP contribution in [0.5, 0.6) is 0 Å². The molecule has 0 bridgehead atoms. The number of benzene rings is 1. The first-order chi connectivity index (χ1) is 12.0. The Hall–Kier alpha value is -2.60. The SMILES string of the molecule is Cc1nn(CC(=O)N[C@H](Cn2ccnc2)c2ccccc2)c(C)c1Cl. The molecule has 7 heteroatoms. The van der Waals surface area contributed by atoms with E-state index in [1.165, 1.54) is 0 Å². The lowest BCUT2D eigenvalue weighted by Crippen LogP contribution is -2.34. The summed E-state index contributed by atoms with van der Waals surface area (Å²) >= 11 is 6.15. The van der Waals surface area contributed by atoms with Gasteiger partial charge in [0.05, 0.1) is 28.8 Å². The average Bonchev–Trinajstić information content (AvgIpc) is 3.20. The van der Waals surface area contributed by atoms with E-state index < -0.39 is 0 Å². The summed E-state index contributed by atoms with van der Waals surface area (Å²) in [7, 11) is 0. The Morgan fingerprint density at radius 2 is 2.04 bits per heavy atom. The minimum Gasteiger partial charge on any atom is -0.346 e. The van der Waals surface area contributed by atoms with Crippen LogP contribution in [0.3, 0.4) is 0 Å². The van der Waals surface area contributed by atoms with Crippen molar-refractivity contribution in [3.63, 3.8) is 0 Å². The van der Waals surface area contributed by atoms with E-state index in [0.717, 1.165) is 17.0 Å². The van der Waals surface area contributed by atoms with Crippen LogP contribution in [-0.4, -0.2) is 25.2 Å². The normalized spacial score (nSPS) is 12.1. The predicted octanol–water partition coefficient (Wildman–Crippen LogP) is 2.91. The summed E-state index contributed by atoms with van der Waals surface area (Å²) in [6.07, 6.45) is 5.34. The highest BCUT2D eigenvalue weighted by Gasteiger charge is 2.17. The average molecular weight is 358 g/mol. The Bertz CT molecular complexity index is 842. The fourth-order valence-corrected chi connectivity index (χ4v) is 2.87. The van der Waals surface area contributed by atoms with Crippen LogP contribution in [-0.2, 0) is 17.9 Å². The van der Waals surface area contributed by atoms with Crippen molar-refractivity contribution >= 4 is 17.5 Å². The molecular weight excluding hydrogens is 338 g/mol. The van der Waals surface area contributed by atoms with Crippen LogP contribution in [0.2, 0.25) is 5.02 Å². The lowest BCUT2D eigenvalue weighted by molar-refractivity contribution is -0.122. The van der Waals surface area contributed by atoms with Crippen LogP contribution < -0.4 is 5.32 Å². The smallest absolute Gasteiger partial charge is 0.242 e. The number of carbonyl (C=O) groups excluding carboxylic acids is 1. The fraction of sp³-hybridized carbons (Fsp3) is 0.278. The molecule has 1 N–H and O–H groups in total. The van der Waals surface area contributed by atoms with Gasteiger partial charge in [0, 0.05) is 18.9 Å². The molecule has 1 amide bonds. The molecule has 1 atom stereocenters. The van der Waals surface area contributed by atoms with Crippen molar-refractivity contribution < 1.29 is 4.79 Å².